The van der Waals surface area contributed by atoms with E-state index >= 15 is 0 Å². The smallest absolute Gasteiger partial charge is 0.341 e. The second-order valence-corrected chi connectivity index (χ2v) is 7.32. The Hall–Kier alpha value is -2.15. The summed E-state index contributed by atoms with van der Waals surface area (Å²) in [5.41, 5.74) is 0.397. The molecule has 26 heavy (non-hydrogen) atoms. The first kappa shape index (κ1) is 17.3. The predicted octanol–water partition coefficient (Wildman–Crippen LogP) is 2.39. The summed E-state index contributed by atoms with van der Waals surface area (Å²) in [7, 11) is 0. The zero-order chi connectivity index (χ0) is 18.3. The highest BCUT2D eigenvalue weighted by Crippen LogP contribution is 2.25. The van der Waals surface area contributed by atoms with Crippen molar-refractivity contribution in [2.24, 2.45) is 0 Å². The number of carbonyl (C=O) groups is 1. The Morgan fingerprint density at radius 2 is 2.04 bits per heavy atom. The lowest BCUT2D eigenvalue weighted by Gasteiger charge is -2.27. The van der Waals surface area contributed by atoms with Crippen molar-refractivity contribution in [3.05, 3.63) is 50.9 Å². The van der Waals surface area contributed by atoms with E-state index in [2.05, 4.69) is 5.10 Å². The van der Waals surface area contributed by atoms with Gasteiger partial charge in [0, 0.05) is 19.5 Å². The van der Waals surface area contributed by atoms with Gasteiger partial charge in [-0.2, -0.15) is 5.10 Å². The number of aryl methyl sites for hydroxylation is 1. The van der Waals surface area contributed by atoms with Crippen LogP contribution in [0.2, 0.25) is 5.02 Å². The fourth-order valence-corrected chi connectivity index (χ4v) is 4.03. The van der Waals surface area contributed by atoms with Gasteiger partial charge in [0.25, 0.3) is 0 Å². The highest BCUT2D eigenvalue weighted by atomic mass is 35.5. The molecule has 2 aliphatic rings. The van der Waals surface area contributed by atoms with Gasteiger partial charge in [-0.15, -0.1) is 0 Å². The zero-order valence-electron chi connectivity index (χ0n) is 14.3. The molecule has 6 nitrogen and oxygen atoms in total. The Morgan fingerprint density at radius 1 is 1.27 bits per heavy atom. The van der Waals surface area contributed by atoms with E-state index in [1.165, 1.54) is 16.8 Å². The van der Waals surface area contributed by atoms with Crippen LogP contribution in [0.15, 0.2) is 23.0 Å². The zero-order valence-corrected chi connectivity index (χ0v) is 15.1. The van der Waals surface area contributed by atoms with Gasteiger partial charge in [0.2, 0.25) is 5.91 Å². The van der Waals surface area contributed by atoms with E-state index in [-0.39, 0.29) is 23.2 Å². The molecule has 2 aromatic rings. The van der Waals surface area contributed by atoms with E-state index in [1.54, 1.807) is 10.6 Å². The molecule has 1 atom stereocenters. The first-order valence-electron chi connectivity index (χ1n) is 8.95. The van der Waals surface area contributed by atoms with Gasteiger partial charge in [0.1, 0.15) is 17.7 Å². The molecule has 3 heterocycles. The van der Waals surface area contributed by atoms with Crippen molar-refractivity contribution in [2.75, 3.05) is 13.1 Å². The van der Waals surface area contributed by atoms with Gasteiger partial charge in [-0.3, -0.25) is 9.36 Å². The molecular weight excluding hydrogens is 359 g/mol. The number of benzene rings is 1. The van der Waals surface area contributed by atoms with Crippen LogP contribution in [0.1, 0.15) is 43.1 Å². The molecule has 0 radical (unpaired) electrons. The second-order valence-electron chi connectivity index (χ2n) is 6.92. The summed E-state index contributed by atoms with van der Waals surface area (Å²) in [5, 5.41) is 4.43. The minimum absolute atomic E-state index is 0.0154. The molecule has 1 aromatic carbocycles. The highest BCUT2D eigenvalue weighted by Gasteiger charge is 2.34. The summed E-state index contributed by atoms with van der Waals surface area (Å²) in [4.78, 5) is 27.6. The lowest BCUT2D eigenvalue weighted by Crippen LogP contribution is -2.41. The largest absolute Gasteiger partial charge is 0.346 e. The summed E-state index contributed by atoms with van der Waals surface area (Å²) in [6.45, 7) is 1.73. The fraction of sp³-hybridized carbons (Fsp3) is 0.500. The maximum atomic E-state index is 13.3. The molecule has 1 amide bonds. The van der Waals surface area contributed by atoms with E-state index in [1.807, 2.05) is 4.90 Å². The molecule has 0 N–H and O–H groups in total. The Morgan fingerprint density at radius 3 is 2.77 bits per heavy atom. The van der Waals surface area contributed by atoms with E-state index in [4.69, 9.17) is 11.6 Å². The van der Waals surface area contributed by atoms with Crippen LogP contribution in [0.25, 0.3) is 0 Å². The molecule has 4 rings (SSSR count). The monoisotopic (exact) mass is 378 g/mol. The molecule has 8 heteroatoms. The van der Waals surface area contributed by atoms with Gasteiger partial charge < -0.3 is 4.90 Å². The van der Waals surface area contributed by atoms with Crippen molar-refractivity contribution >= 4 is 17.5 Å². The number of rotatable bonds is 3. The van der Waals surface area contributed by atoms with Gasteiger partial charge in [0.05, 0.1) is 11.6 Å². The van der Waals surface area contributed by atoms with Crippen molar-refractivity contribution in [2.45, 2.75) is 44.7 Å². The summed E-state index contributed by atoms with van der Waals surface area (Å²) < 4.78 is 16.2. The maximum absolute atomic E-state index is 13.3. The van der Waals surface area contributed by atoms with Crippen molar-refractivity contribution in [1.29, 1.82) is 0 Å². The minimum Gasteiger partial charge on any atom is -0.341 e. The van der Waals surface area contributed by atoms with Gasteiger partial charge in [-0.1, -0.05) is 17.7 Å². The highest BCUT2D eigenvalue weighted by molar-refractivity contribution is 6.30. The van der Waals surface area contributed by atoms with E-state index in [0.29, 0.717) is 24.2 Å². The minimum atomic E-state index is -0.497. The van der Waals surface area contributed by atoms with Gasteiger partial charge >= 0.3 is 5.69 Å². The van der Waals surface area contributed by atoms with Gasteiger partial charge in [-0.05, 0) is 43.4 Å². The molecule has 0 saturated carbocycles. The average molecular weight is 379 g/mol. The first-order valence-corrected chi connectivity index (χ1v) is 9.33. The molecular formula is C18H20ClFN4O2. The number of hydrogen-bond donors (Lipinski definition) is 0. The molecule has 138 valence electrons. The molecule has 1 unspecified atom stereocenters. The summed E-state index contributed by atoms with van der Waals surface area (Å²) in [6.07, 6.45) is 4.21. The number of aromatic nitrogens is 3. The van der Waals surface area contributed by atoms with Crippen LogP contribution in [0.5, 0.6) is 0 Å². The topological polar surface area (TPSA) is 60.1 Å². The molecule has 0 spiro atoms. The molecule has 1 fully saturated rings. The molecule has 0 aliphatic carbocycles. The predicted molar refractivity (Wildman–Crippen MR) is 94.8 cm³/mol. The van der Waals surface area contributed by atoms with Crippen LogP contribution >= 0.6 is 11.6 Å². The number of nitrogens with zero attached hydrogens (tertiary/aromatic N) is 4. The third-order valence-corrected chi connectivity index (χ3v) is 5.44. The second kappa shape index (κ2) is 6.87. The summed E-state index contributed by atoms with van der Waals surface area (Å²) in [5.74, 6) is 0.171. The number of fused-ring (bicyclic) bond motifs is 1. The third kappa shape index (κ3) is 3.05. The van der Waals surface area contributed by atoms with Crippen LogP contribution < -0.4 is 5.69 Å². The number of halogens is 2. The van der Waals surface area contributed by atoms with Crippen LogP contribution in [0.3, 0.4) is 0 Å². The molecule has 2 aliphatic heterocycles. The van der Waals surface area contributed by atoms with E-state index < -0.39 is 11.9 Å². The Labute approximate surface area is 155 Å². The first-order chi connectivity index (χ1) is 12.5. The van der Waals surface area contributed by atoms with E-state index in [9.17, 15) is 14.0 Å². The standard InChI is InChI=1S/C18H20ClFN4O2/c19-13-10-12(6-7-14(13)20)11-23-18(26)24-15(4-3-5-16(24)21-23)17(25)22-8-1-2-9-22/h6-7,10,15H,1-5,8-9,11H2. The summed E-state index contributed by atoms with van der Waals surface area (Å²) >= 11 is 5.82. The number of likely N-dealkylation sites (tertiary alicyclic amines) is 1. The lowest BCUT2D eigenvalue weighted by atomic mass is 10.0. The van der Waals surface area contributed by atoms with Crippen LogP contribution in [0, 0.1) is 5.82 Å². The SMILES string of the molecule is O=C(C1CCCc2nn(Cc3ccc(F)c(Cl)c3)c(=O)n21)N1CCCC1. The van der Waals surface area contributed by atoms with E-state index in [0.717, 1.165) is 32.4 Å². The van der Waals surface area contributed by atoms with Gasteiger partial charge in [0.15, 0.2) is 0 Å². The van der Waals surface area contributed by atoms with Crippen LogP contribution in [-0.2, 0) is 17.8 Å². The number of hydrogen-bond acceptors (Lipinski definition) is 3. The molecule has 0 bridgehead atoms. The van der Waals surface area contributed by atoms with Gasteiger partial charge in [-0.25, -0.2) is 13.9 Å². The normalized spacial score (nSPS) is 19.6. The molecule has 1 aromatic heterocycles. The molecule has 1 saturated heterocycles. The number of amides is 1. The Kier molecular flexibility index (Phi) is 4.56. The van der Waals surface area contributed by atoms with Crippen molar-refractivity contribution in [1.82, 2.24) is 19.2 Å². The van der Waals surface area contributed by atoms with Crippen LogP contribution in [-0.4, -0.2) is 38.2 Å². The van der Waals surface area contributed by atoms with Crippen molar-refractivity contribution in [3.8, 4) is 0 Å². The Balaban J connectivity index is 1.64. The lowest BCUT2D eigenvalue weighted by molar-refractivity contribution is -0.134. The Bertz CT molecular complexity index is 901. The van der Waals surface area contributed by atoms with Crippen LogP contribution in [0.4, 0.5) is 4.39 Å². The fourth-order valence-electron chi connectivity index (χ4n) is 3.83. The summed E-state index contributed by atoms with van der Waals surface area (Å²) in [6, 6.07) is 3.89. The van der Waals surface area contributed by atoms with Crippen molar-refractivity contribution < 1.29 is 9.18 Å². The van der Waals surface area contributed by atoms with Crippen molar-refractivity contribution in [3.63, 3.8) is 0 Å². The maximum Gasteiger partial charge on any atom is 0.346 e. The average Bonchev–Trinajstić information content (AvgIpc) is 3.27. The third-order valence-electron chi connectivity index (χ3n) is 5.15. The quantitative estimate of drug-likeness (QED) is 0.824. The number of carbonyl (C=O) groups excluding carboxylic acids is 1.